The lowest BCUT2D eigenvalue weighted by Gasteiger charge is -2.09. The minimum atomic E-state index is -3.41. The van der Waals surface area contributed by atoms with Gasteiger partial charge >= 0.3 is 0 Å². The number of ether oxygens (including phenoxy) is 2. The van der Waals surface area contributed by atoms with Gasteiger partial charge in [0.05, 0.1) is 7.11 Å². The second-order valence-electron chi connectivity index (χ2n) is 3.82. The van der Waals surface area contributed by atoms with Crippen molar-refractivity contribution < 1.29 is 17.9 Å². The summed E-state index contributed by atoms with van der Waals surface area (Å²) < 4.78 is 38.0. The van der Waals surface area contributed by atoms with E-state index in [9.17, 15) is 8.42 Å². The van der Waals surface area contributed by atoms with Gasteiger partial charge in [-0.1, -0.05) is 6.92 Å². The fourth-order valence-corrected chi connectivity index (χ4v) is 2.23. The Balaban J connectivity index is 2.26. The highest BCUT2D eigenvalue weighted by atomic mass is 32.2. The standard InChI is InChI=1S/C12H20N2O4S/c1-3-8-13-19(15,16)14-9-10-18-12-6-4-11(17-2)5-7-12/h4-7,13-14H,3,8-10H2,1-2H3. The van der Waals surface area contributed by atoms with Crippen molar-refractivity contribution in [3.63, 3.8) is 0 Å². The second kappa shape index (κ2) is 7.98. The van der Waals surface area contributed by atoms with Crippen molar-refractivity contribution in [3.05, 3.63) is 24.3 Å². The van der Waals surface area contributed by atoms with Crippen LogP contribution >= 0.6 is 0 Å². The quantitative estimate of drug-likeness (QED) is 0.662. The van der Waals surface area contributed by atoms with Gasteiger partial charge in [-0.15, -0.1) is 0 Å². The van der Waals surface area contributed by atoms with Gasteiger partial charge in [0.15, 0.2) is 0 Å². The highest BCUT2D eigenvalue weighted by Crippen LogP contribution is 2.16. The molecule has 0 fully saturated rings. The predicted molar refractivity (Wildman–Crippen MR) is 73.7 cm³/mol. The first kappa shape index (κ1) is 15.7. The summed E-state index contributed by atoms with van der Waals surface area (Å²) in [6.45, 7) is 2.80. The molecule has 7 heteroatoms. The average molecular weight is 288 g/mol. The molecule has 2 N–H and O–H groups in total. The van der Waals surface area contributed by atoms with Crippen LogP contribution < -0.4 is 18.9 Å². The maximum atomic E-state index is 11.4. The Kier molecular flexibility index (Phi) is 6.61. The highest BCUT2D eigenvalue weighted by Gasteiger charge is 2.06. The molecule has 0 unspecified atom stereocenters. The lowest BCUT2D eigenvalue weighted by Crippen LogP contribution is -2.38. The van der Waals surface area contributed by atoms with Gasteiger partial charge in [0, 0.05) is 13.1 Å². The Hall–Kier alpha value is -1.31. The summed E-state index contributed by atoms with van der Waals surface area (Å²) in [7, 11) is -1.82. The zero-order valence-electron chi connectivity index (χ0n) is 11.2. The van der Waals surface area contributed by atoms with E-state index in [1.165, 1.54) is 0 Å². The Morgan fingerprint density at radius 2 is 1.63 bits per heavy atom. The third kappa shape index (κ3) is 6.42. The molecule has 0 atom stereocenters. The molecule has 0 radical (unpaired) electrons. The van der Waals surface area contributed by atoms with Crippen molar-refractivity contribution in [1.29, 1.82) is 0 Å². The molecule has 0 aliphatic rings. The molecule has 0 saturated carbocycles. The first-order chi connectivity index (χ1) is 9.07. The van der Waals surface area contributed by atoms with E-state index in [0.717, 1.165) is 12.2 Å². The first-order valence-corrected chi connectivity index (χ1v) is 7.57. The minimum Gasteiger partial charge on any atom is -0.497 e. The number of hydrogen-bond acceptors (Lipinski definition) is 4. The van der Waals surface area contributed by atoms with Gasteiger partial charge in [-0.2, -0.15) is 13.1 Å². The fraction of sp³-hybridized carbons (Fsp3) is 0.500. The third-order valence-electron chi connectivity index (χ3n) is 2.26. The molecule has 6 nitrogen and oxygen atoms in total. The second-order valence-corrected chi connectivity index (χ2v) is 5.40. The molecule has 0 saturated heterocycles. The Bertz CT molecular complexity index is 459. The zero-order valence-corrected chi connectivity index (χ0v) is 12.0. The summed E-state index contributed by atoms with van der Waals surface area (Å²) in [6, 6.07) is 7.09. The number of rotatable bonds is 9. The van der Waals surface area contributed by atoms with Crippen LogP contribution in [0.25, 0.3) is 0 Å². The molecular formula is C12H20N2O4S. The van der Waals surface area contributed by atoms with Gasteiger partial charge in [-0.05, 0) is 30.7 Å². The van der Waals surface area contributed by atoms with Crippen LogP contribution in [0, 0.1) is 0 Å². The van der Waals surface area contributed by atoms with E-state index in [0.29, 0.717) is 12.3 Å². The Morgan fingerprint density at radius 1 is 1.05 bits per heavy atom. The predicted octanol–water partition coefficient (Wildman–Crippen LogP) is 0.908. The van der Waals surface area contributed by atoms with Crippen LogP contribution in [0.3, 0.4) is 0 Å². The molecule has 0 aliphatic carbocycles. The summed E-state index contributed by atoms with van der Waals surface area (Å²) in [6.07, 6.45) is 0.753. The van der Waals surface area contributed by atoms with Crippen LogP contribution in [-0.4, -0.2) is 35.2 Å². The molecule has 0 bridgehead atoms. The Morgan fingerprint density at radius 3 is 2.21 bits per heavy atom. The van der Waals surface area contributed by atoms with Crippen molar-refractivity contribution in [1.82, 2.24) is 9.44 Å². The van der Waals surface area contributed by atoms with Crippen LogP contribution in [0.4, 0.5) is 0 Å². The van der Waals surface area contributed by atoms with Crippen LogP contribution in [0.5, 0.6) is 11.5 Å². The van der Waals surface area contributed by atoms with Crippen molar-refractivity contribution >= 4 is 10.2 Å². The smallest absolute Gasteiger partial charge is 0.277 e. The summed E-state index contributed by atoms with van der Waals surface area (Å²) in [5, 5.41) is 0. The zero-order chi connectivity index (χ0) is 14.1. The SMILES string of the molecule is CCCNS(=O)(=O)NCCOc1ccc(OC)cc1. The molecule has 108 valence electrons. The number of benzene rings is 1. The van der Waals surface area contributed by atoms with Crippen molar-refractivity contribution in [3.8, 4) is 11.5 Å². The fourth-order valence-electron chi connectivity index (χ4n) is 1.30. The number of methoxy groups -OCH3 is 1. The summed E-state index contributed by atoms with van der Waals surface area (Å²) in [5.41, 5.74) is 0. The Labute approximate surface area is 114 Å². The van der Waals surface area contributed by atoms with Gasteiger partial charge in [0.25, 0.3) is 10.2 Å². The van der Waals surface area contributed by atoms with Gasteiger partial charge in [0.2, 0.25) is 0 Å². The summed E-state index contributed by atoms with van der Waals surface area (Å²) in [4.78, 5) is 0. The maximum absolute atomic E-state index is 11.4. The molecule has 1 aromatic rings. The molecule has 19 heavy (non-hydrogen) atoms. The first-order valence-electron chi connectivity index (χ1n) is 6.08. The monoisotopic (exact) mass is 288 g/mol. The molecule has 0 aliphatic heterocycles. The normalized spacial score (nSPS) is 11.3. The minimum absolute atomic E-state index is 0.213. The number of hydrogen-bond donors (Lipinski definition) is 2. The van der Waals surface area contributed by atoms with Crippen LogP contribution in [-0.2, 0) is 10.2 Å². The van der Waals surface area contributed by atoms with Crippen molar-refractivity contribution in [2.45, 2.75) is 13.3 Å². The van der Waals surface area contributed by atoms with Gasteiger partial charge in [0.1, 0.15) is 18.1 Å². The topological polar surface area (TPSA) is 76.7 Å². The maximum Gasteiger partial charge on any atom is 0.277 e. The summed E-state index contributed by atoms with van der Waals surface area (Å²) >= 11 is 0. The third-order valence-corrected chi connectivity index (χ3v) is 3.43. The molecule has 0 aromatic heterocycles. The van der Waals surface area contributed by atoms with E-state index < -0.39 is 10.2 Å². The van der Waals surface area contributed by atoms with Gasteiger partial charge in [-0.25, -0.2) is 4.72 Å². The van der Waals surface area contributed by atoms with E-state index in [-0.39, 0.29) is 13.2 Å². The van der Waals surface area contributed by atoms with E-state index in [4.69, 9.17) is 9.47 Å². The van der Waals surface area contributed by atoms with Crippen LogP contribution in [0.1, 0.15) is 13.3 Å². The number of nitrogens with one attached hydrogen (secondary N) is 2. The lowest BCUT2D eigenvalue weighted by atomic mass is 10.3. The van der Waals surface area contributed by atoms with E-state index in [1.54, 1.807) is 31.4 Å². The molecular weight excluding hydrogens is 268 g/mol. The van der Waals surface area contributed by atoms with Crippen molar-refractivity contribution in [2.75, 3.05) is 26.8 Å². The van der Waals surface area contributed by atoms with Gasteiger partial charge in [-0.3, -0.25) is 0 Å². The lowest BCUT2D eigenvalue weighted by molar-refractivity contribution is 0.321. The van der Waals surface area contributed by atoms with E-state index >= 15 is 0 Å². The van der Waals surface area contributed by atoms with Crippen LogP contribution in [0.15, 0.2) is 24.3 Å². The van der Waals surface area contributed by atoms with Gasteiger partial charge < -0.3 is 9.47 Å². The van der Waals surface area contributed by atoms with Crippen molar-refractivity contribution in [2.24, 2.45) is 0 Å². The summed E-state index contributed by atoms with van der Waals surface area (Å²) in [5.74, 6) is 1.42. The molecule has 1 aromatic carbocycles. The molecule has 0 amide bonds. The molecule has 0 spiro atoms. The molecule has 0 heterocycles. The largest absolute Gasteiger partial charge is 0.497 e. The van der Waals surface area contributed by atoms with E-state index in [2.05, 4.69) is 9.44 Å². The van der Waals surface area contributed by atoms with E-state index in [1.807, 2.05) is 6.92 Å². The molecule has 1 rings (SSSR count). The highest BCUT2D eigenvalue weighted by molar-refractivity contribution is 7.87. The average Bonchev–Trinajstić information content (AvgIpc) is 2.42. The van der Waals surface area contributed by atoms with Crippen LogP contribution in [0.2, 0.25) is 0 Å².